The number of benzene rings is 9. The van der Waals surface area contributed by atoms with Crippen LogP contribution in [0.5, 0.6) is 0 Å². The number of rotatable bonds is 4. The van der Waals surface area contributed by atoms with E-state index in [1.807, 2.05) is 0 Å². The van der Waals surface area contributed by atoms with Gasteiger partial charge in [0.15, 0.2) is 0 Å². The van der Waals surface area contributed by atoms with E-state index in [-0.39, 0.29) is 0 Å². The molecule has 1 heteroatoms. The molecule has 0 saturated heterocycles. The van der Waals surface area contributed by atoms with E-state index in [9.17, 15) is 0 Å². The zero-order valence-corrected chi connectivity index (χ0v) is 31.9. The lowest BCUT2D eigenvalue weighted by atomic mass is 9.50. The molecule has 10 aromatic rings. The fourth-order valence-electron chi connectivity index (χ4n) is 12.8. The highest BCUT2D eigenvalue weighted by molar-refractivity contribution is 6.26. The van der Waals surface area contributed by atoms with E-state index in [0.29, 0.717) is 5.92 Å². The molecule has 0 spiro atoms. The summed E-state index contributed by atoms with van der Waals surface area (Å²) >= 11 is 0. The van der Waals surface area contributed by atoms with Gasteiger partial charge in [0.2, 0.25) is 0 Å². The second kappa shape index (κ2) is 12.2. The Morgan fingerprint density at radius 2 is 0.842 bits per heavy atom. The van der Waals surface area contributed by atoms with Gasteiger partial charge >= 0.3 is 0 Å². The average Bonchev–Trinajstić information content (AvgIpc) is 3.63. The minimum absolute atomic E-state index is 0.659. The summed E-state index contributed by atoms with van der Waals surface area (Å²) in [5.41, 5.74) is 11.0. The molecular formula is C56H42O. The van der Waals surface area contributed by atoms with Crippen molar-refractivity contribution in [2.24, 2.45) is 23.7 Å². The summed E-state index contributed by atoms with van der Waals surface area (Å²) in [6, 6.07) is 61.0. The molecule has 4 fully saturated rings. The van der Waals surface area contributed by atoms with Crippen LogP contribution in [0.1, 0.15) is 43.6 Å². The maximum Gasteiger partial charge on any atom is 0.136 e. The first kappa shape index (κ1) is 32.0. The van der Waals surface area contributed by atoms with Crippen molar-refractivity contribution in [2.75, 3.05) is 0 Å². The molecule has 0 N–H and O–H groups in total. The Hall–Kier alpha value is -6.18. The van der Waals surface area contributed by atoms with Gasteiger partial charge in [0.25, 0.3) is 0 Å². The predicted octanol–water partition coefficient (Wildman–Crippen LogP) is 15.7. The van der Waals surface area contributed by atoms with Crippen LogP contribution in [-0.4, -0.2) is 0 Å². The Bertz CT molecular complexity index is 3110. The summed E-state index contributed by atoms with van der Waals surface area (Å²) in [5, 5.41) is 13.0. The van der Waals surface area contributed by atoms with Gasteiger partial charge < -0.3 is 4.42 Å². The Morgan fingerprint density at radius 1 is 0.351 bits per heavy atom. The van der Waals surface area contributed by atoms with Crippen molar-refractivity contribution < 1.29 is 4.42 Å². The van der Waals surface area contributed by atoms with E-state index in [2.05, 4.69) is 164 Å². The highest BCUT2D eigenvalue weighted by Gasteiger charge is 2.49. The molecule has 0 aliphatic heterocycles. The molecule has 0 amide bonds. The molecule has 57 heavy (non-hydrogen) atoms. The summed E-state index contributed by atoms with van der Waals surface area (Å²) in [4.78, 5) is 0. The van der Waals surface area contributed by atoms with E-state index in [4.69, 9.17) is 4.42 Å². The number of furan rings is 1. The van der Waals surface area contributed by atoms with Gasteiger partial charge in [0.05, 0.1) is 0 Å². The van der Waals surface area contributed by atoms with Gasteiger partial charge in [0.1, 0.15) is 11.2 Å². The molecule has 1 heterocycles. The minimum atomic E-state index is 0.659. The first-order chi connectivity index (χ1) is 28.3. The summed E-state index contributed by atoms with van der Waals surface area (Å²) in [7, 11) is 0. The van der Waals surface area contributed by atoms with E-state index in [1.54, 1.807) is 5.56 Å². The van der Waals surface area contributed by atoms with Crippen LogP contribution in [0, 0.1) is 23.7 Å². The third-order valence-corrected chi connectivity index (χ3v) is 14.6. The van der Waals surface area contributed by atoms with Crippen molar-refractivity contribution in [3.8, 4) is 33.4 Å². The van der Waals surface area contributed by atoms with E-state index in [0.717, 1.165) is 40.2 Å². The third-order valence-electron chi connectivity index (χ3n) is 14.6. The fraction of sp³-hybridized carbons (Fsp3) is 0.179. The molecule has 0 atom stereocenters. The Labute approximate surface area is 332 Å². The van der Waals surface area contributed by atoms with Crippen LogP contribution in [0.15, 0.2) is 168 Å². The van der Waals surface area contributed by atoms with E-state index in [1.165, 1.54) is 114 Å². The van der Waals surface area contributed by atoms with Crippen molar-refractivity contribution in [3.63, 3.8) is 0 Å². The fourth-order valence-corrected chi connectivity index (χ4v) is 12.8. The van der Waals surface area contributed by atoms with Crippen molar-refractivity contribution in [3.05, 3.63) is 169 Å². The minimum Gasteiger partial charge on any atom is -0.456 e. The average molecular weight is 731 g/mol. The lowest BCUT2D eigenvalue weighted by Gasteiger charge is -2.55. The molecule has 1 aromatic heterocycles. The van der Waals surface area contributed by atoms with Crippen LogP contribution in [0.25, 0.3) is 98.4 Å². The summed E-state index contributed by atoms with van der Waals surface area (Å²) < 4.78 is 6.90. The topological polar surface area (TPSA) is 13.1 Å². The molecule has 9 aromatic carbocycles. The van der Waals surface area contributed by atoms with Gasteiger partial charge in [-0.15, -0.1) is 0 Å². The molecule has 1 nitrogen and oxygen atoms in total. The first-order valence-corrected chi connectivity index (χ1v) is 21.1. The van der Waals surface area contributed by atoms with Crippen molar-refractivity contribution in [2.45, 2.75) is 38.0 Å². The van der Waals surface area contributed by atoms with Gasteiger partial charge in [-0.05, 0) is 162 Å². The Kier molecular flexibility index (Phi) is 6.82. The molecule has 4 bridgehead atoms. The Morgan fingerprint density at radius 3 is 1.42 bits per heavy atom. The predicted molar refractivity (Wildman–Crippen MR) is 240 cm³/mol. The molecule has 4 aliphatic carbocycles. The summed E-state index contributed by atoms with van der Waals surface area (Å²) in [6.45, 7) is 0. The smallest absolute Gasteiger partial charge is 0.136 e. The molecular weight excluding hydrogens is 689 g/mol. The van der Waals surface area contributed by atoms with Gasteiger partial charge in [0, 0.05) is 10.8 Å². The second-order valence-electron chi connectivity index (χ2n) is 17.5. The first-order valence-electron chi connectivity index (χ1n) is 21.1. The van der Waals surface area contributed by atoms with Crippen molar-refractivity contribution in [1.29, 1.82) is 0 Å². The summed E-state index contributed by atoms with van der Waals surface area (Å²) in [6.07, 6.45) is 7.19. The molecule has 0 unspecified atom stereocenters. The van der Waals surface area contributed by atoms with Crippen molar-refractivity contribution >= 4 is 65.0 Å². The normalized spacial score (nSPS) is 21.5. The molecule has 4 aliphatic rings. The van der Waals surface area contributed by atoms with Gasteiger partial charge in [-0.3, -0.25) is 0 Å². The van der Waals surface area contributed by atoms with Crippen LogP contribution in [0.4, 0.5) is 0 Å². The number of hydrogen-bond acceptors (Lipinski definition) is 1. The number of hydrogen-bond donors (Lipinski definition) is 0. The van der Waals surface area contributed by atoms with Crippen LogP contribution >= 0.6 is 0 Å². The molecule has 272 valence electrons. The lowest BCUT2D eigenvalue weighted by molar-refractivity contribution is -0.00185. The van der Waals surface area contributed by atoms with Gasteiger partial charge in [-0.25, -0.2) is 0 Å². The zero-order chi connectivity index (χ0) is 37.2. The largest absolute Gasteiger partial charge is 0.456 e. The quantitative estimate of drug-likeness (QED) is 0.164. The van der Waals surface area contributed by atoms with Crippen LogP contribution in [-0.2, 0) is 0 Å². The molecule has 14 rings (SSSR count). The van der Waals surface area contributed by atoms with Crippen LogP contribution in [0.3, 0.4) is 0 Å². The third kappa shape index (κ3) is 4.63. The molecule has 4 saturated carbocycles. The zero-order valence-electron chi connectivity index (χ0n) is 31.9. The second-order valence-corrected chi connectivity index (χ2v) is 17.5. The van der Waals surface area contributed by atoms with Crippen molar-refractivity contribution in [1.82, 2.24) is 0 Å². The highest BCUT2D eigenvalue weighted by atomic mass is 16.3. The van der Waals surface area contributed by atoms with Crippen LogP contribution in [0.2, 0.25) is 0 Å². The van der Waals surface area contributed by atoms with E-state index >= 15 is 0 Å². The Balaban J connectivity index is 1.03. The summed E-state index contributed by atoms with van der Waals surface area (Å²) in [5.74, 6) is 4.23. The van der Waals surface area contributed by atoms with Gasteiger partial charge in [-0.2, -0.15) is 0 Å². The lowest BCUT2D eigenvalue weighted by Crippen LogP contribution is -2.43. The highest BCUT2D eigenvalue weighted by Crippen LogP contribution is 2.62. The van der Waals surface area contributed by atoms with E-state index < -0.39 is 0 Å². The van der Waals surface area contributed by atoms with Gasteiger partial charge in [-0.1, -0.05) is 146 Å². The van der Waals surface area contributed by atoms with Crippen LogP contribution < -0.4 is 0 Å². The monoisotopic (exact) mass is 730 g/mol. The maximum atomic E-state index is 6.90. The maximum absolute atomic E-state index is 6.90. The molecule has 0 radical (unpaired) electrons. The standard InChI is InChI=1S/C56H42O/c1-2-13-35(14-3-1)52-39-15-4-8-19-43(39)54(44-20-9-5-16-40(44)52)48-23-12-24-49-55(48)47-26-25-36(32-50(47)57-49)53-41-17-6-10-21-45(41)56(46-22-11-7-18-42(46)53)51-37-28-33-27-34(30-37)31-38(51)29-33/h1-26,32-34,37-38,51H,27-31H2. The number of fused-ring (bicyclic) bond motifs is 7. The SMILES string of the molecule is c1ccc(-c2c3ccccc3c(-c3cccc4oc5cc(-c6c7ccccc7c(C7C8CC9CC(C8)CC7C9)c7ccccc67)ccc5c34)c3ccccc23)cc1.